The summed E-state index contributed by atoms with van der Waals surface area (Å²) in [4.78, 5) is 10.7. The quantitative estimate of drug-likeness (QED) is 0.457. The van der Waals surface area contributed by atoms with Crippen LogP contribution in [0.25, 0.3) is 0 Å². The molecular weight excluding hydrogens is 445 g/mol. The van der Waals surface area contributed by atoms with E-state index in [0.717, 1.165) is 31.4 Å². The van der Waals surface area contributed by atoms with Crippen LogP contribution in [0.5, 0.6) is 5.75 Å². The second-order valence-electron chi connectivity index (χ2n) is 8.49. The number of hydrogen-bond acceptors (Lipinski definition) is 5. The Balaban J connectivity index is 1.48. The summed E-state index contributed by atoms with van der Waals surface area (Å²) in [6.07, 6.45) is 1.67. The van der Waals surface area contributed by atoms with Crippen molar-refractivity contribution in [1.82, 2.24) is 0 Å². The Morgan fingerprint density at radius 3 is 2.81 bits per heavy atom. The highest BCUT2D eigenvalue weighted by Gasteiger charge is 2.44. The molecule has 0 unspecified atom stereocenters. The molecule has 178 valence electrons. The average Bonchev–Trinajstić information content (AvgIpc) is 3.04. The molecule has 6 atom stereocenters. The fraction of sp³-hybridized carbons (Fsp3) is 0.609. The van der Waals surface area contributed by atoms with E-state index in [1.165, 1.54) is 12.1 Å². The number of halogens is 3. The van der Waals surface area contributed by atoms with Gasteiger partial charge in [0.15, 0.2) is 0 Å². The highest BCUT2D eigenvalue weighted by molar-refractivity contribution is 8.00. The molecule has 1 heterocycles. The number of aliphatic hydroxyl groups excluding tert-OH is 2. The van der Waals surface area contributed by atoms with Gasteiger partial charge in [0.1, 0.15) is 18.5 Å². The minimum atomic E-state index is -4.46. The second kappa shape index (κ2) is 10.9. The molecular formula is C23H29F3O5S. The van der Waals surface area contributed by atoms with Crippen molar-refractivity contribution in [2.45, 2.75) is 67.4 Å². The van der Waals surface area contributed by atoms with E-state index < -0.39 is 29.9 Å². The smallest absolute Gasteiger partial charge is 0.416 e. The van der Waals surface area contributed by atoms with Crippen molar-refractivity contribution in [3.05, 3.63) is 42.0 Å². The summed E-state index contributed by atoms with van der Waals surface area (Å²) in [5.41, 5.74) is -0.809. The van der Waals surface area contributed by atoms with Crippen LogP contribution in [0.2, 0.25) is 0 Å². The number of benzene rings is 1. The Hall–Kier alpha value is -1.71. The first kappa shape index (κ1) is 24.9. The fourth-order valence-electron chi connectivity index (χ4n) is 4.55. The maximum absolute atomic E-state index is 12.8. The molecule has 3 N–H and O–H groups in total. The van der Waals surface area contributed by atoms with Crippen molar-refractivity contribution in [3.63, 3.8) is 0 Å². The van der Waals surface area contributed by atoms with Crippen LogP contribution < -0.4 is 4.74 Å². The SMILES string of the molecule is O=C(O)CCC[C@H]1CC[C@@H]2[C@@H](/C=C/[C@@H](O)COc3cccc(C(F)(F)F)c3)[C@H](O)C[C@@H]2S1. The molecule has 1 saturated carbocycles. The Morgan fingerprint density at radius 2 is 2.09 bits per heavy atom. The van der Waals surface area contributed by atoms with E-state index in [9.17, 15) is 28.2 Å². The minimum absolute atomic E-state index is 0.0332. The monoisotopic (exact) mass is 474 g/mol. The van der Waals surface area contributed by atoms with Crippen molar-refractivity contribution in [2.24, 2.45) is 11.8 Å². The van der Waals surface area contributed by atoms with Crippen LogP contribution in [0, 0.1) is 11.8 Å². The normalized spacial score (nSPS) is 29.1. The maximum Gasteiger partial charge on any atom is 0.416 e. The Morgan fingerprint density at radius 1 is 1.31 bits per heavy atom. The van der Waals surface area contributed by atoms with Crippen molar-refractivity contribution < 1.29 is 38.0 Å². The first-order chi connectivity index (χ1) is 15.1. The lowest BCUT2D eigenvalue weighted by molar-refractivity contribution is -0.138. The van der Waals surface area contributed by atoms with Gasteiger partial charge in [-0.2, -0.15) is 24.9 Å². The molecule has 1 aromatic rings. The van der Waals surface area contributed by atoms with Crippen LogP contribution in [-0.4, -0.2) is 50.6 Å². The molecule has 0 spiro atoms. The summed E-state index contributed by atoms with van der Waals surface area (Å²) in [5.74, 6) is -0.541. The first-order valence-electron chi connectivity index (χ1n) is 10.8. The van der Waals surface area contributed by atoms with E-state index in [1.807, 2.05) is 11.8 Å². The van der Waals surface area contributed by atoms with Crippen LogP contribution in [0.15, 0.2) is 36.4 Å². The van der Waals surface area contributed by atoms with Crippen LogP contribution in [0.3, 0.4) is 0 Å². The number of aliphatic hydroxyl groups is 2. The van der Waals surface area contributed by atoms with Gasteiger partial charge in [-0.25, -0.2) is 0 Å². The topological polar surface area (TPSA) is 87.0 Å². The summed E-state index contributed by atoms with van der Waals surface area (Å²) in [5, 5.41) is 30.2. The second-order valence-corrected chi connectivity index (χ2v) is 10.0. The van der Waals surface area contributed by atoms with Gasteiger partial charge in [-0.3, -0.25) is 4.79 Å². The van der Waals surface area contributed by atoms with Gasteiger partial charge < -0.3 is 20.1 Å². The lowest BCUT2D eigenvalue weighted by Gasteiger charge is -2.33. The summed E-state index contributed by atoms with van der Waals surface area (Å²) in [7, 11) is 0. The number of fused-ring (bicyclic) bond motifs is 1. The molecule has 0 amide bonds. The number of hydrogen-bond donors (Lipinski definition) is 3. The van der Waals surface area contributed by atoms with E-state index in [2.05, 4.69) is 0 Å². The number of carboxylic acids is 1. The highest BCUT2D eigenvalue weighted by atomic mass is 32.2. The van der Waals surface area contributed by atoms with Crippen LogP contribution in [0.4, 0.5) is 13.2 Å². The maximum atomic E-state index is 12.8. The first-order valence-corrected chi connectivity index (χ1v) is 11.8. The molecule has 9 heteroatoms. The van der Waals surface area contributed by atoms with E-state index in [1.54, 1.807) is 12.2 Å². The van der Waals surface area contributed by atoms with Crippen molar-refractivity contribution in [2.75, 3.05) is 6.61 Å². The molecule has 1 aromatic carbocycles. The minimum Gasteiger partial charge on any atom is -0.491 e. The summed E-state index contributed by atoms with van der Waals surface area (Å²) < 4.78 is 43.7. The van der Waals surface area contributed by atoms with Gasteiger partial charge in [0.2, 0.25) is 0 Å². The molecule has 1 saturated heterocycles. The number of aliphatic carboxylic acids is 1. The third-order valence-electron chi connectivity index (χ3n) is 6.13. The Kier molecular flexibility index (Phi) is 8.52. The molecule has 0 aromatic heterocycles. The summed E-state index contributed by atoms with van der Waals surface area (Å²) >= 11 is 1.84. The third kappa shape index (κ3) is 6.89. The standard InChI is InChI=1S/C23H29F3O5S/c24-23(25,26)14-3-1-4-16(11-14)31-13-15(27)7-9-18-19-10-8-17(5-2-6-22(29)30)32-21(19)12-20(18)28/h1,3-4,7,9,11,15,17-21,27-28H,2,5-6,8,10,12-13H2,(H,29,30)/b9-7+/t15-,17+,18-,19-,20-,21+/m1/s1. The zero-order chi connectivity index (χ0) is 23.3. The molecule has 0 radical (unpaired) electrons. The Bertz CT molecular complexity index is 800. The van der Waals surface area contributed by atoms with Gasteiger partial charge >= 0.3 is 12.1 Å². The third-order valence-corrected chi connectivity index (χ3v) is 7.88. The molecule has 0 bridgehead atoms. The van der Waals surface area contributed by atoms with Gasteiger partial charge in [0, 0.05) is 22.8 Å². The number of thioether (sulfide) groups is 1. The molecule has 5 nitrogen and oxygen atoms in total. The van der Waals surface area contributed by atoms with Gasteiger partial charge in [-0.05, 0) is 56.2 Å². The lowest BCUT2D eigenvalue weighted by Crippen LogP contribution is -2.27. The Labute approximate surface area is 189 Å². The number of ether oxygens (including phenoxy) is 1. The molecule has 3 rings (SSSR count). The van der Waals surface area contributed by atoms with Crippen molar-refractivity contribution in [3.8, 4) is 5.75 Å². The van der Waals surface area contributed by atoms with Gasteiger partial charge in [0.25, 0.3) is 0 Å². The summed E-state index contributed by atoms with van der Waals surface area (Å²) in [6.45, 7) is -0.185. The number of carboxylic acid groups (broad SMARTS) is 1. The van der Waals surface area contributed by atoms with Gasteiger partial charge in [0.05, 0.1) is 11.7 Å². The number of alkyl halides is 3. The van der Waals surface area contributed by atoms with E-state index >= 15 is 0 Å². The highest BCUT2D eigenvalue weighted by Crippen LogP contribution is 2.49. The van der Waals surface area contributed by atoms with Gasteiger partial charge in [-0.15, -0.1) is 0 Å². The molecule has 2 aliphatic rings. The predicted molar refractivity (Wildman–Crippen MR) is 116 cm³/mol. The lowest BCUT2D eigenvalue weighted by atomic mass is 9.88. The zero-order valence-corrected chi connectivity index (χ0v) is 18.4. The molecule has 2 fully saturated rings. The summed E-state index contributed by atoms with van der Waals surface area (Å²) in [6, 6.07) is 4.52. The predicted octanol–water partition coefficient (Wildman–Crippen LogP) is 4.52. The number of carbonyl (C=O) groups is 1. The molecule has 1 aliphatic heterocycles. The van der Waals surface area contributed by atoms with Gasteiger partial charge in [-0.1, -0.05) is 18.2 Å². The fourth-order valence-corrected chi connectivity index (χ4v) is 6.45. The largest absolute Gasteiger partial charge is 0.491 e. The van der Waals surface area contributed by atoms with Crippen molar-refractivity contribution >= 4 is 17.7 Å². The van der Waals surface area contributed by atoms with Crippen molar-refractivity contribution in [1.29, 1.82) is 0 Å². The van der Waals surface area contributed by atoms with E-state index in [0.29, 0.717) is 29.3 Å². The zero-order valence-electron chi connectivity index (χ0n) is 17.6. The van der Waals surface area contributed by atoms with Crippen LogP contribution in [-0.2, 0) is 11.0 Å². The van der Waals surface area contributed by atoms with E-state index in [4.69, 9.17) is 9.84 Å². The molecule has 32 heavy (non-hydrogen) atoms. The average molecular weight is 475 g/mol. The van der Waals surface area contributed by atoms with E-state index in [-0.39, 0.29) is 24.7 Å². The number of rotatable bonds is 9. The van der Waals surface area contributed by atoms with Crippen LogP contribution >= 0.6 is 11.8 Å². The molecule has 1 aliphatic carbocycles. The van der Waals surface area contributed by atoms with Crippen LogP contribution in [0.1, 0.15) is 44.1 Å².